The lowest BCUT2D eigenvalue weighted by Gasteiger charge is -2.18. The number of rotatable bonds is 3. The van der Waals surface area contributed by atoms with E-state index in [1.807, 2.05) is 25.1 Å². The maximum atomic E-state index is 6.22. The third-order valence-electron chi connectivity index (χ3n) is 2.71. The van der Waals surface area contributed by atoms with Gasteiger partial charge in [0, 0.05) is 11.1 Å². The van der Waals surface area contributed by atoms with Crippen LogP contribution < -0.4 is 5.32 Å². The zero-order chi connectivity index (χ0) is 14.0. The quantitative estimate of drug-likeness (QED) is 0.915. The first-order chi connectivity index (χ1) is 8.85. The van der Waals surface area contributed by atoms with Gasteiger partial charge < -0.3 is 9.73 Å². The summed E-state index contributed by atoms with van der Waals surface area (Å²) in [6, 6.07) is 5.89. The number of aromatic nitrogens is 1. The first kappa shape index (κ1) is 14.1. The molecule has 4 heteroatoms. The zero-order valence-corrected chi connectivity index (χ0v) is 12.5. The molecule has 3 nitrogen and oxygen atoms in total. The Hall–Kier alpha value is -1.32. The van der Waals surface area contributed by atoms with Crippen LogP contribution >= 0.6 is 11.6 Å². The number of nitrogens with one attached hydrogen (secondary N) is 1. The number of hydrogen-bond acceptors (Lipinski definition) is 3. The van der Waals surface area contributed by atoms with E-state index in [1.165, 1.54) is 0 Å². The van der Waals surface area contributed by atoms with Gasteiger partial charge in [-0.25, -0.2) is 4.98 Å². The molecule has 1 N–H and O–H groups in total. The molecular formula is C15H19ClN2O. The monoisotopic (exact) mass is 278 g/mol. The molecule has 0 aliphatic carbocycles. The molecular weight excluding hydrogens is 260 g/mol. The normalized spacial score (nSPS) is 11.8. The van der Waals surface area contributed by atoms with E-state index < -0.39 is 0 Å². The molecule has 0 radical (unpaired) electrons. The van der Waals surface area contributed by atoms with E-state index in [0.29, 0.717) is 23.2 Å². The summed E-state index contributed by atoms with van der Waals surface area (Å²) in [5.74, 6) is 1.37. The second-order valence-corrected chi connectivity index (χ2v) is 6.11. The number of hydrogen-bond donors (Lipinski definition) is 1. The van der Waals surface area contributed by atoms with Gasteiger partial charge >= 0.3 is 0 Å². The molecule has 0 spiro atoms. The Morgan fingerprint density at radius 2 is 2.05 bits per heavy atom. The molecule has 0 aliphatic rings. The first-order valence-corrected chi connectivity index (χ1v) is 6.69. The van der Waals surface area contributed by atoms with Crippen LogP contribution in [0.5, 0.6) is 0 Å². The third-order valence-corrected chi connectivity index (χ3v) is 3.03. The van der Waals surface area contributed by atoms with Crippen LogP contribution in [0, 0.1) is 6.92 Å². The minimum Gasteiger partial charge on any atom is -0.439 e. The van der Waals surface area contributed by atoms with Gasteiger partial charge in [-0.3, -0.25) is 0 Å². The van der Waals surface area contributed by atoms with E-state index in [-0.39, 0.29) is 5.54 Å². The minimum absolute atomic E-state index is 0.0378. The van der Waals surface area contributed by atoms with Gasteiger partial charge in [-0.1, -0.05) is 17.7 Å². The summed E-state index contributed by atoms with van der Waals surface area (Å²) >= 11 is 6.22. The molecule has 0 fully saturated rings. The largest absolute Gasteiger partial charge is 0.439 e. The van der Waals surface area contributed by atoms with E-state index >= 15 is 0 Å². The summed E-state index contributed by atoms with van der Waals surface area (Å²) in [4.78, 5) is 4.27. The standard InChI is InChI=1S/C15H19ClN2O/c1-10-5-6-11(12(16)7-10)13-8-17-14(19-13)9-18-15(2,3)4/h5-8,18H,9H2,1-4H3. The third kappa shape index (κ3) is 3.82. The molecule has 0 amide bonds. The number of halogens is 1. The molecule has 2 aromatic rings. The van der Waals surface area contributed by atoms with Gasteiger partial charge in [-0.15, -0.1) is 0 Å². The van der Waals surface area contributed by atoms with E-state index in [1.54, 1.807) is 6.20 Å². The Kier molecular flexibility index (Phi) is 3.97. The Bertz CT molecular complexity index is 570. The van der Waals surface area contributed by atoms with Crippen LogP contribution in [-0.4, -0.2) is 10.5 Å². The van der Waals surface area contributed by atoms with Gasteiger partial charge in [0.25, 0.3) is 0 Å². The van der Waals surface area contributed by atoms with Crippen molar-refractivity contribution < 1.29 is 4.42 Å². The number of nitrogens with zero attached hydrogens (tertiary/aromatic N) is 1. The summed E-state index contributed by atoms with van der Waals surface area (Å²) in [5, 5.41) is 4.02. The van der Waals surface area contributed by atoms with E-state index in [4.69, 9.17) is 16.0 Å². The highest BCUT2D eigenvalue weighted by molar-refractivity contribution is 6.33. The Labute approximate surface area is 119 Å². The maximum absolute atomic E-state index is 6.22. The van der Waals surface area contributed by atoms with Crippen LogP contribution in [0.15, 0.2) is 28.8 Å². The number of benzene rings is 1. The van der Waals surface area contributed by atoms with Crippen LogP contribution in [0.1, 0.15) is 32.2 Å². The highest BCUT2D eigenvalue weighted by Gasteiger charge is 2.13. The minimum atomic E-state index is 0.0378. The molecule has 0 bridgehead atoms. The van der Waals surface area contributed by atoms with Gasteiger partial charge in [-0.2, -0.15) is 0 Å². The fourth-order valence-corrected chi connectivity index (χ4v) is 2.01. The first-order valence-electron chi connectivity index (χ1n) is 6.31. The van der Waals surface area contributed by atoms with Crippen LogP contribution in [-0.2, 0) is 6.54 Å². The maximum Gasteiger partial charge on any atom is 0.208 e. The average molecular weight is 279 g/mol. The highest BCUT2D eigenvalue weighted by Crippen LogP contribution is 2.29. The Balaban J connectivity index is 2.16. The molecule has 0 saturated carbocycles. The highest BCUT2D eigenvalue weighted by atomic mass is 35.5. The van der Waals surface area contributed by atoms with Crippen molar-refractivity contribution in [3.63, 3.8) is 0 Å². The second-order valence-electron chi connectivity index (χ2n) is 5.71. The van der Waals surface area contributed by atoms with Crippen molar-refractivity contribution >= 4 is 11.6 Å². The molecule has 0 aliphatic heterocycles. The van der Waals surface area contributed by atoms with Crippen molar-refractivity contribution in [1.82, 2.24) is 10.3 Å². The van der Waals surface area contributed by atoms with Crippen LogP contribution in [0.3, 0.4) is 0 Å². The van der Waals surface area contributed by atoms with E-state index in [0.717, 1.165) is 11.1 Å². The summed E-state index contributed by atoms with van der Waals surface area (Å²) in [5.41, 5.74) is 2.04. The fourth-order valence-electron chi connectivity index (χ4n) is 1.68. The average Bonchev–Trinajstić information content (AvgIpc) is 2.74. The summed E-state index contributed by atoms with van der Waals surface area (Å²) in [7, 11) is 0. The van der Waals surface area contributed by atoms with Crippen LogP contribution in [0.4, 0.5) is 0 Å². The molecule has 19 heavy (non-hydrogen) atoms. The van der Waals surface area contributed by atoms with Gasteiger partial charge in [0.05, 0.1) is 17.8 Å². The van der Waals surface area contributed by atoms with Crippen molar-refractivity contribution in [1.29, 1.82) is 0 Å². The van der Waals surface area contributed by atoms with E-state index in [9.17, 15) is 0 Å². The van der Waals surface area contributed by atoms with Crippen LogP contribution in [0.2, 0.25) is 5.02 Å². The van der Waals surface area contributed by atoms with Gasteiger partial charge in [0.2, 0.25) is 5.89 Å². The van der Waals surface area contributed by atoms with Gasteiger partial charge in [-0.05, 0) is 45.4 Å². The number of oxazole rings is 1. The fraction of sp³-hybridized carbons (Fsp3) is 0.400. The van der Waals surface area contributed by atoms with Crippen molar-refractivity contribution in [2.75, 3.05) is 0 Å². The molecule has 102 valence electrons. The zero-order valence-electron chi connectivity index (χ0n) is 11.7. The lowest BCUT2D eigenvalue weighted by atomic mass is 10.1. The SMILES string of the molecule is Cc1ccc(-c2cnc(CNC(C)(C)C)o2)c(Cl)c1. The molecule has 1 heterocycles. The van der Waals surface area contributed by atoms with Crippen molar-refractivity contribution in [3.8, 4) is 11.3 Å². The topological polar surface area (TPSA) is 38.1 Å². The van der Waals surface area contributed by atoms with Crippen molar-refractivity contribution in [2.45, 2.75) is 39.8 Å². The smallest absolute Gasteiger partial charge is 0.208 e. The van der Waals surface area contributed by atoms with Gasteiger partial charge in [0.15, 0.2) is 5.76 Å². The molecule has 1 aromatic carbocycles. The summed E-state index contributed by atoms with van der Waals surface area (Å²) < 4.78 is 5.73. The Morgan fingerprint density at radius 1 is 1.32 bits per heavy atom. The lowest BCUT2D eigenvalue weighted by Crippen LogP contribution is -2.35. The molecule has 2 rings (SSSR count). The van der Waals surface area contributed by atoms with Crippen LogP contribution in [0.25, 0.3) is 11.3 Å². The van der Waals surface area contributed by atoms with Crippen molar-refractivity contribution in [3.05, 3.63) is 40.9 Å². The van der Waals surface area contributed by atoms with E-state index in [2.05, 4.69) is 31.1 Å². The summed E-state index contributed by atoms with van der Waals surface area (Å²) in [6.07, 6.45) is 1.72. The molecule has 0 atom stereocenters. The number of aryl methyl sites for hydroxylation is 1. The predicted molar refractivity (Wildman–Crippen MR) is 78.3 cm³/mol. The second kappa shape index (κ2) is 5.35. The Morgan fingerprint density at radius 3 is 2.68 bits per heavy atom. The molecule has 0 unspecified atom stereocenters. The predicted octanol–water partition coefficient (Wildman–Crippen LogP) is 4.19. The molecule has 0 saturated heterocycles. The van der Waals surface area contributed by atoms with Gasteiger partial charge in [0.1, 0.15) is 0 Å². The summed E-state index contributed by atoms with van der Waals surface area (Å²) in [6.45, 7) is 8.93. The molecule has 1 aromatic heterocycles. The van der Waals surface area contributed by atoms with Crippen molar-refractivity contribution in [2.24, 2.45) is 0 Å². The lowest BCUT2D eigenvalue weighted by molar-refractivity contribution is 0.383.